The largest absolute Gasteiger partial charge is 0.381 e. The monoisotopic (exact) mass is 116 g/mol. The Hall–Kier alpha value is -0.0800. The number of nitrogens with two attached hydrogens (primary N) is 1. The van der Waals surface area contributed by atoms with E-state index in [1.54, 1.807) is 0 Å². The molecule has 0 spiro atoms. The molecule has 0 atom stereocenters. The summed E-state index contributed by atoms with van der Waals surface area (Å²) in [6.07, 6.45) is 1.81. The van der Waals surface area contributed by atoms with Crippen molar-refractivity contribution in [3.8, 4) is 0 Å². The number of ether oxygens (including phenoxy) is 1. The first-order chi connectivity index (χ1) is 3.91. The Labute approximate surface area is 51.0 Å². The molecule has 0 aliphatic carbocycles. The molecule has 0 saturated heterocycles. The first-order valence-electron chi connectivity index (χ1n) is 2.99. The lowest BCUT2D eigenvalue weighted by Crippen LogP contribution is -2.04. The highest BCUT2D eigenvalue weighted by molar-refractivity contribution is 4.38. The van der Waals surface area contributed by atoms with Crippen LogP contribution in [-0.4, -0.2) is 19.8 Å². The van der Waals surface area contributed by atoms with Crippen molar-refractivity contribution >= 4 is 0 Å². The van der Waals surface area contributed by atoms with Crippen molar-refractivity contribution < 1.29 is 4.74 Å². The van der Waals surface area contributed by atoms with E-state index in [9.17, 15) is 0 Å². The highest BCUT2D eigenvalue weighted by atomic mass is 16.5. The van der Waals surface area contributed by atoms with E-state index in [4.69, 9.17) is 10.5 Å². The van der Waals surface area contributed by atoms with Crippen molar-refractivity contribution in [1.82, 2.24) is 0 Å². The summed E-state index contributed by atoms with van der Waals surface area (Å²) in [4.78, 5) is 0. The minimum atomic E-state index is 0.719. The number of hydrogen-bond donors (Lipinski definition) is 1. The molecule has 2 N–H and O–H groups in total. The van der Waals surface area contributed by atoms with Crippen LogP contribution in [0.5, 0.6) is 0 Å². The van der Waals surface area contributed by atoms with E-state index in [2.05, 4.69) is 6.92 Å². The van der Waals surface area contributed by atoms with Crippen LogP contribution in [0.2, 0.25) is 0 Å². The lowest BCUT2D eigenvalue weighted by atomic mass is 10.4. The highest BCUT2D eigenvalue weighted by Gasteiger charge is 1.81. The van der Waals surface area contributed by atoms with Gasteiger partial charge in [0.15, 0.2) is 0 Å². The SMILES string of the molecule is [CH2]CCOCCCN. The van der Waals surface area contributed by atoms with Crippen LogP contribution in [0, 0.1) is 6.92 Å². The van der Waals surface area contributed by atoms with E-state index in [0.29, 0.717) is 0 Å². The van der Waals surface area contributed by atoms with E-state index in [1.165, 1.54) is 0 Å². The van der Waals surface area contributed by atoms with Crippen molar-refractivity contribution in [2.45, 2.75) is 12.8 Å². The first-order valence-corrected chi connectivity index (χ1v) is 2.99. The molecule has 0 amide bonds. The van der Waals surface area contributed by atoms with Crippen molar-refractivity contribution in [2.75, 3.05) is 19.8 Å². The molecule has 0 saturated carbocycles. The van der Waals surface area contributed by atoms with Gasteiger partial charge < -0.3 is 10.5 Å². The fourth-order valence-electron chi connectivity index (χ4n) is 0.390. The highest BCUT2D eigenvalue weighted by Crippen LogP contribution is 1.81. The molecule has 0 unspecified atom stereocenters. The molecule has 0 heterocycles. The first kappa shape index (κ1) is 7.92. The van der Waals surface area contributed by atoms with E-state index in [1.807, 2.05) is 0 Å². The third kappa shape index (κ3) is 5.92. The minimum absolute atomic E-state index is 0.719. The lowest BCUT2D eigenvalue weighted by Gasteiger charge is -1.97. The van der Waals surface area contributed by atoms with Crippen LogP contribution in [0.3, 0.4) is 0 Å². The Morgan fingerprint density at radius 1 is 1.38 bits per heavy atom. The second kappa shape index (κ2) is 6.92. The summed E-state index contributed by atoms with van der Waals surface area (Å²) in [6.45, 7) is 5.89. The predicted octanol–water partition coefficient (Wildman–Crippen LogP) is 0.576. The average Bonchev–Trinajstić information content (AvgIpc) is 1.81. The molecule has 2 nitrogen and oxygen atoms in total. The molecule has 0 rings (SSSR count). The molecule has 0 aromatic carbocycles. The summed E-state index contributed by atoms with van der Waals surface area (Å²) in [5.74, 6) is 0. The van der Waals surface area contributed by atoms with Crippen molar-refractivity contribution in [3.63, 3.8) is 0 Å². The fourth-order valence-corrected chi connectivity index (χ4v) is 0.390. The van der Waals surface area contributed by atoms with Crippen LogP contribution in [0.4, 0.5) is 0 Å². The van der Waals surface area contributed by atoms with Gasteiger partial charge in [-0.05, 0) is 19.4 Å². The molecule has 0 aliphatic rings. The van der Waals surface area contributed by atoms with Crippen LogP contribution in [-0.2, 0) is 4.74 Å². The molecule has 8 heavy (non-hydrogen) atoms. The zero-order chi connectivity index (χ0) is 6.24. The van der Waals surface area contributed by atoms with Gasteiger partial charge in [-0.1, -0.05) is 6.92 Å². The summed E-state index contributed by atoms with van der Waals surface area (Å²) < 4.78 is 5.08. The molecular formula is C6H14NO. The maximum absolute atomic E-state index is 5.22. The van der Waals surface area contributed by atoms with Crippen LogP contribution in [0.1, 0.15) is 12.8 Å². The van der Waals surface area contributed by atoms with Crippen molar-refractivity contribution in [1.29, 1.82) is 0 Å². The predicted molar refractivity (Wildman–Crippen MR) is 34.5 cm³/mol. The van der Waals surface area contributed by atoms with Gasteiger partial charge >= 0.3 is 0 Å². The van der Waals surface area contributed by atoms with Gasteiger partial charge in [0, 0.05) is 13.2 Å². The Balaban J connectivity index is 2.53. The van der Waals surface area contributed by atoms with E-state index in [-0.39, 0.29) is 0 Å². The Kier molecular flexibility index (Phi) is 6.85. The topological polar surface area (TPSA) is 35.2 Å². The van der Waals surface area contributed by atoms with Gasteiger partial charge in [-0.25, -0.2) is 0 Å². The Bertz CT molecular complexity index is 33.5. The average molecular weight is 116 g/mol. The summed E-state index contributed by atoms with van der Waals surface area (Å²) in [6, 6.07) is 0. The van der Waals surface area contributed by atoms with Gasteiger partial charge in [0.1, 0.15) is 0 Å². The molecule has 2 heteroatoms. The van der Waals surface area contributed by atoms with Crippen LogP contribution < -0.4 is 5.73 Å². The summed E-state index contributed by atoms with van der Waals surface area (Å²) in [5.41, 5.74) is 5.22. The standard InChI is InChI=1S/C6H14NO/c1-2-5-8-6-3-4-7/h1-7H2. The summed E-state index contributed by atoms with van der Waals surface area (Å²) in [7, 11) is 0. The maximum atomic E-state index is 5.22. The van der Waals surface area contributed by atoms with Gasteiger partial charge in [0.2, 0.25) is 0 Å². The zero-order valence-corrected chi connectivity index (χ0v) is 5.23. The van der Waals surface area contributed by atoms with Crippen LogP contribution in [0.25, 0.3) is 0 Å². The number of rotatable bonds is 5. The second-order valence-corrected chi connectivity index (χ2v) is 1.61. The number of hydrogen-bond acceptors (Lipinski definition) is 2. The third-order valence-electron chi connectivity index (χ3n) is 0.781. The molecule has 0 aromatic rings. The molecule has 49 valence electrons. The van der Waals surface area contributed by atoms with Gasteiger partial charge in [0.05, 0.1) is 0 Å². The molecular weight excluding hydrogens is 102 g/mol. The van der Waals surface area contributed by atoms with Gasteiger partial charge in [-0.15, -0.1) is 0 Å². The van der Waals surface area contributed by atoms with Crippen molar-refractivity contribution in [3.05, 3.63) is 6.92 Å². The quantitative estimate of drug-likeness (QED) is 0.533. The zero-order valence-electron chi connectivity index (χ0n) is 5.23. The molecule has 0 aromatic heterocycles. The maximum Gasteiger partial charge on any atom is 0.0478 e. The smallest absolute Gasteiger partial charge is 0.0478 e. The van der Waals surface area contributed by atoms with Crippen molar-refractivity contribution in [2.24, 2.45) is 5.73 Å². The summed E-state index contributed by atoms with van der Waals surface area (Å²) >= 11 is 0. The van der Waals surface area contributed by atoms with E-state index < -0.39 is 0 Å². The minimum Gasteiger partial charge on any atom is -0.381 e. The van der Waals surface area contributed by atoms with E-state index >= 15 is 0 Å². The van der Waals surface area contributed by atoms with Gasteiger partial charge in [-0.3, -0.25) is 0 Å². The van der Waals surface area contributed by atoms with E-state index in [0.717, 1.165) is 32.6 Å². The van der Waals surface area contributed by atoms with Gasteiger partial charge in [-0.2, -0.15) is 0 Å². The molecule has 1 radical (unpaired) electrons. The molecule has 0 bridgehead atoms. The normalized spacial score (nSPS) is 9.75. The van der Waals surface area contributed by atoms with Crippen LogP contribution >= 0.6 is 0 Å². The van der Waals surface area contributed by atoms with Crippen LogP contribution in [0.15, 0.2) is 0 Å². The third-order valence-corrected chi connectivity index (χ3v) is 0.781. The fraction of sp³-hybridized carbons (Fsp3) is 0.833. The second-order valence-electron chi connectivity index (χ2n) is 1.61. The van der Waals surface area contributed by atoms with Gasteiger partial charge in [0.25, 0.3) is 0 Å². The lowest BCUT2D eigenvalue weighted by molar-refractivity contribution is 0.137. The Morgan fingerprint density at radius 3 is 2.62 bits per heavy atom. The molecule has 0 aliphatic heterocycles. The Morgan fingerprint density at radius 2 is 2.12 bits per heavy atom. The molecule has 0 fully saturated rings. The summed E-state index contributed by atoms with van der Waals surface area (Å²) in [5, 5.41) is 0.